The zero-order chi connectivity index (χ0) is 14.8. The van der Waals surface area contributed by atoms with Crippen molar-refractivity contribution in [2.75, 3.05) is 12.8 Å². The molecule has 0 unspecified atom stereocenters. The third-order valence-electron chi connectivity index (χ3n) is 3.10. The number of fused-ring (bicyclic) bond motifs is 1. The van der Waals surface area contributed by atoms with Crippen LogP contribution >= 0.6 is 23.4 Å². The first-order valence-corrected chi connectivity index (χ1v) is 7.72. The normalized spacial score (nSPS) is 11.0. The second kappa shape index (κ2) is 5.87. The van der Waals surface area contributed by atoms with E-state index in [0.29, 0.717) is 11.4 Å². The van der Waals surface area contributed by atoms with Crippen molar-refractivity contribution in [2.45, 2.75) is 10.9 Å². The molecule has 4 nitrogen and oxygen atoms in total. The van der Waals surface area contributed by atoms with Crippen molar-refractivity contribution in [1.29, 1.82) is 0 Å². The highest BCUT2D eigenvalue weighted by Crippen LogP contribution is 2.28. The molecule has 3 aromatic rings. The summed E-state index contributed by atoms with van der Waals surface area (Å²) in [5, 5.41) is 1.56. The van der Waals surface area contributed by atoms with E-state index in [-0.39, 0.29) is 0 Å². The summed E-state index contributed by atoms with van der Waals surface area (Å²) in [5.74, 6) is 1.52. The number of nitrogens with one attached hydrogen (secondary N) is 1. The summed E-state index contributed by atoms with van der Waals surface area (Å²) < 4.78 is 5.20. The van der Waals surface area contributed by atoms with E-state index in [4.69, 9.17) is 22.1 Å². The Balaban J connectivity index is 1.80. The molecular weight excluding hydrogens is 306 g/mol. The third kappa shape index (κ3) is 3.09. The smallest absolute Gasteiger partial charge is 0.166 e. The lowest BCUT2D eigenvalue weighted by molar-refractivity contribution is 0.415. The number of ether oxygens (including phenoxy) is 1. The number of halogens is 1. The highest BCUT2D eigenvalue weighted by atomic mass is 35.5. The first kappa shape index (κ1) is 14.1. The fraction of sp³-hybridized carbons (Fsp3) is 0.133. The van der Waals surface area contributed by atoms with Gasteiger partial charge in [-0.15, -0.1) is 0 Å². The summed E-state index contributed by atoms with van der Waals surface area (Å²) in [6.45, 7) is 0. The average molecular weight is 320 g/mol. The summed E-state index contributed by atoms with van der Waals surface area (Å²) in [6, 6.07) is 11.3. The van der Waals surface area contributed by atoms with Gasteiger partial charge in [0.1, 0.15) is 5.75 Å². The molecule has 3 N–H and O–H groups in total. The maximum atomic E-state index is 6.16. The van der Waals surface area contributed by atoms with E-state index in [1.54, 1.807) is 24.9 Å². The highest BCUT2D eigenvalue weighted by molar-refractivity contribution is 7.98. The second-order valence-corrected chi connectivity index (χ2v) is 5.94. The molecule has 0 saturated carbocycles. The number of aromatic nitrogens is 2. The molecule has 0 atom stereocenters. The topological polar surface area (TPSA) is 63.9 Å². The number of benzene rings is 2. The molecule has 0 amide bonds. The monoisotopic (exact) mass is 319 g/mol. The van der Waals surface area contributed by atoms with Crippen LogP contribution in [0.5, 0.6) is 5.75 Å². The fourth-order valence-corrected chi connectivity index (χ4v) is 3.15. The Hall–Kier alpha value is -1.85. The number of aromatic amines is 1. The van der Waals surface area contributed by atoms with Crippen LogP contribution in [-0.4, -0.2) is 17.1 Å². The number of nitrogens with zero attached hydrogens (tertiary/aromatic N) is 1. The zero-order valence-corrected chi connectivity index (χ0v) is 13.0. The molecule has 108 valence electrons. The maximum absolute atomic E-state index is 6.16. The predicted octanol–water partition coefficient (Wildman–Crippen LogP) is 4.10. The first-order chi connectivity index (χ1) is 10.2. The van der Waals surface area contributed by atoms with Crippen LogP contribution in [0.2, 0.25) is 5.02 Å². The third-order valence-corrected chi connectivity index (χ3v) is 4.39. The van der Waals surface area contributed by atoms with Gasteiger partial charge in [0, 0.05) is 22.5 Å². The predicted molar refractivity (Wildman–Crippen MR) is 88.1 cm³/mol. The van der Waals surface area contributed by atoms with E-state index in [9.17, 15) is 0 Å². The molecule has 0 spiro atoms. The number of nitrogens with two attached hydrogens (primary N) is 1. The van der Waals surface area contributed by atoms with Crippen LogP contribution in [0.4, 0.5) is 5.69 Å². The van der Waals surface area contributed by atoms with Gasteiger partial charge in [0.15, 0.2) is 5.16 Å². The van der Waals surface area contributed by atoms with E-state index in [0.717, 1.165) is 32.5 Å². The summed E-state index contributed by atoms with van der Waals surface area (Å²) >= 11 is 7.75. The van der Waals surface area contributed by atoms with E-state index in [1.807, 2.05) is 30.3 Å². The standard InChI is InChI=1S/C15H14ClN3OS/c1-20-11-3-5-13-14(7-11)19-15(18-13)21-8-9-6-10(17)2-4-12(9)16/h2-7H,8,17H2,1H3,(H,18,19). The van der Waals surface area contributed by atoms with Gasteiger partial charge in [0.05, 0.1) is 18.1 Å². The number of nitrogen functional groups attached to an aromatic ring is 1. The van der Waals surface area contributed by atoms with Crippen LogP contribution in [0.25, 0.3) is 11.0 Å². The van der Waals surface area contributed by atoms with Crippen LogP contribution < -0.4 is 10.5 Å². The van der Waals surface area contributed by atoms with E-state index >= 15 is 0 Å². The largest absolute Gasteiger partial charge is 0.497 e. The molecule has 6 heteroatoms. The number of thioether (sulfide) groups is 1. The lowest BCUT2D eigenvalue weighted by atomic mass is 10.2. The van der Waals surface area contributed by atoms with Gasteiger partial charge in [0.2, 0.25) is 0 Å². The van der Waals surface area contributed by atoms with Gasteiger partial charge in [-0.25, -0.2) is 4.98 Å². The Morgan fingerprint density at radius 1 is 1.29 bits per heavy atom. The molecule has 3 rings (SSSR count). The molecule has 21 heavy (non-hydrogen) atoms. The van der Waals surface area contributed by atoms with Crippen molar-refractivity contribution in [1.82, 2.24) is 9.97 Å². The molecule has 0 aliphatic carbocycles. The maximum Gasteiger partial charge on any atom is 0.166 e. The van der Waals surface area contributed by atoms with Crippen LogP contribution in [-0.2, 0) is 5.75 Å². The number of imidazole rings is 1. The first-order valence-electron chi connectivity index (χ1n) is 6.36. The number of methoxy groups -OCH3 is 1. The summed E-state index contributed by atoms with van der Waals surface area (Å²) in [4.78, 5) is 7.80. The minimum atomic E-state index is 0.709. The van der Waals surface area contributed by atoms with Gasteiger partial charge < -0.3 is 15.5 Å². The Bertz CT molecular complexity index is 788. The van der Waals surface area contributed by atoms with Gasteiger partial charge in [-0.1, -0.05) is 23.4 Å². The highest BCUT2D eigenvalue weighted by Gasteiger charge is 2.07. The number of hydrogen-bond acceptors (Lipinski definition) is 4. The molecule has 2 aromatic carbocycles. The fourth-order valence-electron chi connectivity index (χ4n) is 2.01. The molecular formula is C15H14ClN3OS. The van der Waals surface area contributed by atoms with Crippen molar-refractivity contribution in [3.63, 3.8) is 0 Å². The number of rotatable bonds is 4. The Labute approximate surface area is 131 Å². The summed E-state index contributed by atoms with van der Waals surface area (Å²) in [6.07, 6.45) is 0. The average Bonchev–Trinajstić information content (AvgIpc) is 2.89. The van der Waals surface area contributed by atoms with E-state index < -0.39 is 0 Å². The zero-order valence-electron chi connectivity index (χ0n) is 11.4. The summed E-state index contributed by atoms with van der Waals surface area (Å²) in [5.41, 5.74) is 9.36. The van der Waals surface area contributed by atoms with Crippen LogP contribution in [0, 0.1) is 0 Å². The van der Waals surface area contributed by atoms with Gasteiger partial charge in [0.25, 0.3) is 0 Å². The molecule has 1 aromatic heterocycles. The van der Waals surface area contributed by atoms with Crippen molar-refractivity contribution in [3.8, 4) is 5.75 Å². The molecule has 0 fully saturated rings. The lowest BCUT2D eigenvalue weighted by Gasteiger charge is -2.03. The van der Waals surface area contributed by atoms with Crippen LogP contribution in [0.3, 0.4) is 0 Å². The van der Waals surface area contributed by atoms with Crippen molar-refractivity contribution >= 4 is 40.1 Å². The number of anilines is 1. The van der Waals surface area contributed by atoms with E-state index in [1.165, 1.54) is 0 Å². The van der Waals surface area contributed by atoms with Gasteiger partial charge in [-0.05, 0) is 35.9 Å². The van der Waals surface area contributed by atoms with Gasteiger partial charge in [-0.3, -0.25) is 0 Å². The lowest BCUT2D eigenvalue weighted by Crippen LogP contribution is -1.89. The van der Waals surface area contributed by atoms with Crippen LogP contribution in [0.1, 0.15) is 5.56 Å². The van der Waals surface area contributed by atoms with Crippen molar-refractivity contribution < 1.29 is 4.74 Å². The van der Waals surface area contributed by atoms with Gasteiger partial charge >= 0.3 is 0 Å². The van der Waals surface area contributed by atoms with Crippen molar-refractivity contribution in [2.24, 2.45) is 0 Å². The minimum Gasteiger partial charge on any atom is -0.497 e. The molecule has 0 aliphatic heterocycles. The van der Waals surface area contributed by atoms with Gasteiger partial charge in [-0.2, -0.15) is 0 Å². The number of hydrogen-bond donors (Lipinski definition) is 2. The summed E-state index contributed by atoms with van der Waals surface area (Å²) in [7, 11) is 1.65. The SMILES string of the molecule is COc1ccc2nc(SCc3cc(N)ccc3Cl)[nH]c2c1. The quantitative estimate of drug-likeness (QED) is 0.561. The molecule has 0 radical (unpaired) electrons. The molecule has 0 saturated heterocycles. The Kier molecular flexibility index (Phi) is 3.94. The Morgan fingerprint density at radius 3 is 2.95 bits per heavy atom. The minimum absolute atomic E-state index is 0.709. The van der Waals surface area contributed by atoms with E-state index in [2.05, 4.69) is 9.97 Å². The number of H-pyrrole nitrogens is 1. The van der Waals surface area contributed by atoms with Crippen molar-refractivity contribution in [3.05, 3.63) is 47.0 Å². The Morgan fingerprint density at radius 2 is 2.14 bits per heavy atom. The van der Waals surface area contributed by atoms with Crippen LogP contribution in [0.15, 0.2) is 41.6 Å². The molecule has 0 aliphatic rings. The molecule has 0 bridgehead atoms. The second-order valence-electron chi connectivity index (χ2n) is 4.56. The molecule has 1 heterocycles.